The first-order valence-corrected chi connectivity index (χ1v) is 9.29. The Morgan fingerprint density at radius 1 is 1.15 bits per heavy atom. The number of nitrogens with two attached hydrogens (primary N) is 1. The number of amides is 2. The number of benzene rings is 2. The van der Waals surface area contributed by atoms with E-state index in [2.05, 4.69) is 10.3 Å². The van der Waals surface area contributed by atoms with Crippen LogP contribution in [0.1, 0.15) is 34.8 Å². The molecule has 174 valence electrons. The summed E-state index contributed by atoms with van der Waals surface area (Å²) >= 11 is 0. The van der Waals surface area contributed by atoms with Gasteiger partial charge in [-0.3, -0.25) is 9.59 Å². The van der Waals surface area contributed by atoms with E-state index in [0.717, 1.165) is 30.5 Å². The predicted octanol–water partition coefficient (Wildman–Crippen LogP) is 3.99. The molecule has 0 aliphatic rings. The monoisotopic (exact) mass is 469 g/mol. The predicted molar refractivity (Wildman–Crippen MR) is 104 cm³/mol. The topological polar surface area (TPSA) is 107 Å². The lowest BCUT2D eigenvalue weighted by Crippen LogP contribution is -2.29. The summed E-state index contributed by atoms with van der Waals surface area (Å²) in [7, 11) is 0. The SMILES string of the molecule is CC(=O)NCC(Oc1ccc(F)c(C(N)=O)c1F)c1nc(-c2ccc(C(F)(F)F)cc2)co1. The second-order valence-electron chi connectivity index (χ2n) is 6.79. The van der Waals surface area contributed by atoms with E-state index >= 15 is 0 Å². The van der Waals surface area contributed by atoms with Gasteiger partial charge in [-0.25, -0.2) is 13.8 Å². The highest BCUT2D eigenvalue weighted by Crippen LogP contribution is 2.32. The van der Waals surface area contributed by atoms with Crippen LogP contribution in [0.4, 0.5) is 22.0 Å². The summed E-state index contributed by atoms with van der Waals surface area (Å²) in [6.45, 7) is 0.953. The number of nitrogens with zero attached hydrogens (tertiary/aromatic N) is 1. The molecule has 0 aliphatic heterocycles. The molecule has 2 aromatic carbocycles. The van der Waals surface area contributed by atoms with Gasteiger partial charge in [-0.15, -0.1) is 0 Å². The van der Waals surface area contributed by atoms with Crippen LogP contribution in [-0.4, -0.2) is 23.3 Å². The average Bonchev–Trinajstić information content (AvgIpc) is 3.22. The molecule has 7 nitrogen and oxygen atoms in total. The Bertz CT molecular complexity index is 1180. The number of halogens is 5. The summed E-state index contributed by atoms with van der Waals surface area (Å²) in [5.41, 5.74) is 3.58. The number of aromatic nitrogens is 1. The Hall–Kier alpha value is -3.96. The third-order valence-electron chi connectivity index (χ3n) is 4.41. The van der Waals surface area contributed by atoms with Crippen molar-refractivity contribution in [2.75, 3.05) is 6.54 Å². The Labute approximate surface area is 183 Å². The molecule has 1 heterocycles. The van der Waals surface area contributed by atoms with Gasteiger partial charge in [0, 0.05) is 12.5 Å². The van der Waals surface area contributed by atoms with Crippen LogP contribution in [0.15, 0.2) is 47.1 Å². The quantitative estimate of drug-likeness (QED) is 0.509. The molecule has 0 aliphatic carbocycles. The maximum atomic E-state index is 14.6. The third kappa shape index (κ3) is 5.45. The van der Waals surface area contributed by atoms with E-state index in [4.69, 9.17) is 14.9 Å². The fourth-order valence-electron chi connectivity index (χ4n) is 2.82. The number of rotatable bonds is 7. The van der Waals surface area contributed by atoms with Crippen LogP contribution in [-0.2, 0) is 11.0 Å². The second-order valence-corrected chi connectivity index (χ2v) is 6.79. The number of hydrogen-bond donors (Lipinski definition) is 2. The van der Waals surface area contributed by atoms with E-state index in [1.54, 1.807) is 0 Å². The zero-order valence-corrected chi connectivity index (χ0v) is 16.9. The zero-order chi connectivity index (χ0) is 24.3. The molecule has 33 heavy (non-hydrogen) atoms. The van der Waals surface area contributed by atoms with Crippen molar-refractivity contribution in [1.29, 1.82) is 0 Å². The van der Waals surface area contributed by atoms with Crippen LogP contribution in [0.3, 0.4) is 0 Å². The number of ether oxygens (including phenoxy) is 1. The van der Waals surface area contributed by atoms with Gasteiger partial charge >= 0.3 is 6.18 Å². The fraction of sp³-hybridized carbons (Fsp3) is 0.190. The van der Waals surface area contributed by atoms with E-state index < -0.39 is 52.6 Å². The molecule has 12 heteroatoms. The van der Waals surface area contributed by atoms with Crippen LogP contribution in [0.2, 0.25) is 0 Å². The van der Waals surface area contributed by atoms with Gasteiger partial charge in [-0.1, -0.05) is 12.1 Å². The molecule has 3 aromatic rings. The third-order valence-corrected chi connectivity index (χ3v) is 4.41. The Kier molecular flexibility index (Phi) is 6.65. The lowest BCUT2D eigenvalue weighted by atomic mass is 10.1. The number of alkyl halides is 3. The highest BCUT2D eigenvalue weighted by atomic mass is 19.4. The maximum Gasteiger partial charge on any atom is 0.416 e. The van der Waals surface area contributed by atoms with Crippen LogP contribution in [0, 0.1) is 11.6 Å². The largest absolute Gasteiger partial charge is 0.476 e. The molecular formula is C21H16F5N3O4. The molecule has 0 saturated heterocycles. The van der Waals surface area contributed by atoms with Crippen molar-refractivity contribution in [2.45, 2.75) is 19.2 Å². The fourth-order valence-corrected chi connectivity index (χ4v) is 2.82. The molecule has 2 amide bonds. The van der Waals surface area contributed by atoms with Gasteiger partial charge in [-0.2, -0.15) is 13.2 Å². The number of carbonyl (C=O) groups excluding carboxylic acids is 2. The number of nitrogens with one attached hydrogen (secondary N) is 1. The molecule has 0 bridgehead atoms. The first-order chi connectivity index (χ1) is 15.5. The van der Waals surface area contributed by atoms with Crippen molar-refractivity contribution in [3.63, 3.8) is 0 Å². The summed E-state index contributed by atoms with van der Waals surface area (Å²) < 4.78 is 77.4. The first kappa shape index (κ1) is 23.7. The van der Waals surface area contributed by atoms with Gasteiger partial charge < -0.3 is 20.2 Å². The summed E-state index contributed by atoms with van der Waals surface area (Å²) in [5, 5.41) is 2.43. The van der Waals surface area contributed by atoms with E-state index in [9.17, 15) is 31.5 Å². The van der Waals surface area contributed by atoms with Gasteiger partial charge in [0.1, 0.15) is 23.3 Å². The average molecular weight is 469 g/mol. The van der Waals surface area contributed by atoms with Gasteiger partial charge in [0.25, 0.3) is 5.91 Å². The minimum atomic E-state index is -4.51. The minimum Gasteiger partial charge on any atom is -0.476 e. The first-order valence-electron chi connectivity index (χ1n) is 9.29. The molecule has 0 radical (unpaired) electrons. The van der Waals surface area contributed by atoms with E-state index in [1.807, 2.05) is 0 Å². The van der Waals surface area contributed by atoms with E-state index in [1.165, 1.54) is 19.1 Å². The number of carbonyl (C=O) groups is 2. The Morgan fingerprint density at radius 3 is 2.39 bits per heavy atom. The van der Waals surface area contributed by atoms with Crippen LogP contribution in [0.25, 0.3) is 11.3 Å². The van der Waals surface area contributed by atoms with Gasteiger partial charge in [0.2, 0.25) is 11.8 Å². The van der Waals surface area contributed by atoms with Crippen molar-refractivity contribution in [3.05, 3.63) is 71.3 Å². The molecule has 3 rings (SSSR count). The molecule has 1 aromatic heterocycles. The normalized spacial score (nSPS) is 12.3. The Morgan fingerprint density at radius 2 is 1.82 bits per heavy atom. The van der Waals surface area contributed by atoms with Crippen LogP contribution < -0.4 is 15.8 Å². The van der Waals surface area contributed by atoms with E-state index in [-0.39, 0.29) is 18.1 Å². The molecular weight excluding hydrogens is 453 g/mol. The molecule has 3 N–H and O–H groups in total. The van der Waals surface area contributed by atoms with Crippen molar-refractivity contribution in [1.82, 2.24) is 10.3 Å². The van der Waals surface area contributed by atoms with Crippen LogP contribution in [0.5, 0.6) is 5.75 Å². The van der Waals surface area contributed by atoms with Crippen molar-refractivity contribution >= 4 is 11.8 Å². The highest BCUT2D eigenvalue weighted by Gasteiger charge is 2.30. The number of oxazole rings is 1. The van der Waals surface area contributed by atoms with Crippen molar-refractivity contribution in [2.24, 2.45) is 5.73 Å². The lowest BCUT2D eigenvalue weighted by Gasteiger charge is -2.17. The van der Waals surface area contributed by atoms with Gasteiger partial charge in [0.15, 0.2) is 17.7 Å². The summed E-state index contributed by atoms with van der Waals surface area (Å²) in [6, 6.07) is 5.80. The number of hydrogen-bond acceptors (Lipinski definition) is 5. The molecule has 1 unspecified atom stereocenters. The van der Waals surface area contributed by atoms with Crippen molar-refractivity contribution in [3.8, 4) is 17.0 Å². The van der Waals surface area contributed by atoms with Gasteiger partial charge in [0.05, 0.1) is 12.1 Å². The summed E-state index contributed by atoms with van der Waals surface area (Å²) in [5.74, 6) is -5.08. The zero-order valence-electron chi connectivity index (χ0n) is 16.9. The highest BCUT2D eigenvalue weighted by molar-refractivity contribution is 5.93. The molecule has 1 atom stereocenters. The minimum absolute atomic E-state index is 0.146. The molecule has 0 fully saturated rings. The summed E-state index contributed by atoms with van der Waals surface area (Å²) in [4.78, 5) is 26.8. The lowest BCUT2D eigenvalue weighted by molar-refractivity contribution is -0.137. The number of primary amides is 1. The molecule has 0 saturated carbocycles. The molecule has 0 spiro atoms. The Balaban J connectivity index is 1.91. The van der Waals surface area contributed by atoms with Crippen LogP contribution >= 0.6 is 0 Å². The van der Waals surface area contributed by atoms with Crippen molar-refractivity contribution < 1.29 is 40.7 Å². The summed E-state index contributed by atoms with van der Waals surface area (Å²) in [6.07, 6.45) is -4.61. The van der Waals surface area contributed by atoms with Gasteiger partial charge in [-0.05, 0) is 24.3 Å². The second kappa shape index (κ2) is 9.27. The standard InChI is InChI=1S/C21H16F5N3O4/c1-10(30)28-8-16(33-15-7-6-13(22)17(18(15)23)19(27)31)20-29-14(9-32-20)11-2-4-12(5-3-11)21(24,25)26/h2-7,9,16H,8H2,1H3,(H2,27,31)(H,28,30). The maximum absolute atomic E-state index is 14.6. The van der Waals surface area contributed by atoms with E-state index in [0.29, 0.717) is 5.56 Å². The smallest absolute Gasteiger partial charge is 0.416 e.